The smallest absolute Gasteiger partial charge is 0.161 e. The number of hydrogen-bond acceptors (Lipinski definition) is 5. The summed E-state index contributed by atoms with van der Waals surface area (Å²) in [5.41, 5.74) is 3.21. The maximum absolute atomic E-state index is 5.41. The first-order chi connectivity index (χ1) is 10.3. The van der Waals surface area contributed by atoms with E-state index in [9.17, 15) is 0 Å². The molecule has 0 bridgehead atoms. The molecule has 5 nitrogen and oxygen atoms in total. The Balaban J connectivity index is 2.00. The van der Waals surface area contributed by atoms with Crippen LogP contribution in [0.3, 0.4) is 0 Å². The zero-order chi connectivity index (χ0) is 14.7. The molecule has 1 aliphatic carbocycles. The predicted octanol–water partition coefficient (Wildman–Crippen LogP) is 2.41. The van der Waals surface area contributed by atoms with Crippen LogP contribution < -0.4 is 14.8 Å². The number of aromatic nitrogens is 2. The van der Waals surface area contributed by atoms with Crippen molar-refractivity contribution in [2.24, 2.45) is 0 Å². The lowest BCUT2D eigenvalue weighted by molar-refractivity contribution is 0.354. The highest BCUT2D eigenvalue weighted by Gasteiger charge is 2.21. The van der Waals surface area contributed by atoms with Crippen molar-refractivity contribution in [3.05, 3.63) is 36.4 Å². The van der Waals surface area contributed by atoms with Gasteiger partial charge in [0, 0.05) is 30.5 Å². The van der Waals surface area contributed by atoms with Crippen LogP contribution in [0.15, 0.2) is 30.9 Å². The van der Waals surface area contributed by atoms with Crippen molar-refractivity contribution in [3.63, 3.8) is 0 Å². The molecule has 110 valence electrons. The molecule has 1 saturated carbocycles. The molecule has 1 N–H and O–H groups in total. The Morgan fingerprint density at radius 3 is 2.38 bits per heavy atom. The molecule has 1 aromatic carbocycles. The van der Waals surface area contributed by atoms with Gasteiger partial charge in [-0.25, -0.2) is 9.97 Å². The molecule has 0 saturated heterocycles. The van der Waals surface area contributed by atoms with Gasteiger partial charge in [0.15, 0.2) is 11.5 Å². The van der Waals surface area contributed by atoms with Crippen molar-refractivity contribution < 1.29 is 9.47 Å². The highest BCUT2D eigenvalue weighted by atomic mass is 16.5. The summed E-state index contributed by atoms with van der Waals surface area (Å²) < 4.78 is 10.8. The average molecular weight is 285 g/mol. The summed E-state index contributed by atoms with van der Waals surface area (Å²) in [6, 6.07) is 4.66. The topological polar surface area (TPSA) is 56.3 Å². The predicted molar refractivity (Wildman–Crippen MR) is 80.4 cm³/mol. The lowest BCUT2D eigenvalue weighted by Gasteiger charge is -2.15. The normalized spacial score (nSPS) is 14.0. The molecule has 1 heterocycles. The summed E-state index contributed by atoms with van der Waals surface area (Å²) in [6.07, 6.45) is 7.68. The Bertz CT molecular complexity index is 612. The zero-order valence-electron chi connectivity index (χ0n) is 12.3. The molecular weight excluding hydrogens is 266 g/mol. The highest BCUT2D eigenvalue weighted by molar-refractivity contribution is 5.70. The summed E-state index contributed by atoms with van der Waals surface area (Å²) in [4.78, 5) is 8.21. The van der Waals surface area contributed by atoms with Crippen LogP contribution in [-0.2, 0) is 6.54 Å². The third kappa shape index (κ3) is 3.13. The summed E-state index contributed by atoms with van der Waals surface area (Å²) in [5.74, 6) is 1.46. The van der Waals surface area contributed by atoms with Gasteiger partial charge < -0.3 is 14.8 Å². The lowest BCUT2D eigenvalue weighted by Crippen LogP contribution is -2.16. The first kappa shape index (κ1) is 13.8. The van der Waals surface area contributed by atoms with Gasteiger partial charge in [-0.15, -0.1) is 0 Å². The second kappa shape index (κ2) is 6.10. The molecule has 0 radical (unpaired) electrons. The summed E-state index contributed by atoms with van der Waals surface area (Å²) in [5, 5.41) is 3.53. The molecule has 5 heteroatoms. The summed E-state index contributed by atoms with van der Waals surface area (Å²) >= 11 is 0. The monoisotopic (exact) mass is 285 g/mol. The quantitative estimate of drug-likeness (QED) is 0.883. The second-order valence-corrected chi connectivity index (χ2v) is 5.15. The third-order valence-electron chi connectivity index (χ3n) is 3.64. The first-order valence-corrected chi connectivity index (χ1v) is 7.05. The second-order valence-electron chi connectivity index (χ2n) is 5.15. The van der Waals surface area contributed by atoms with Crippen molar-refractivity contribution in [1.82, 2.24) is 15.3 Å². The van der Waals surface area contributed by atoms with Gasteiger partial charge in [0.2, 0.25) is 0 Å². The molecule has 1 aromatic heterocycles. The fourth-order valence-electron chi connectivity index (χ4n) is 2.32. The Morgan fingerprint density at radius 2 is 1.76 bits per heavy atom. The Labute approximate surface area is 124 Å². The van der Waals surface area contributed by atoms with E-state index in [0.29, 0.717) is 11.8 Å². The molecule has 2 aromatic rings. The van der Waals surface area contributed by atoms with E-state index in [0.717, 1.165) is 29.0 Å². The number of nitrogens with zero attached hydrogens (tertiary/aromatic N) is 2. The third-order valence-corrected chi connectivity index (χ3v) is 3.64. The van der Waals surface area contributed by atoms with Crippen LogP contribution in [0, 0.1) is 0 Å². The van der Waals surface area contributed by atoms with E-state index in [1.54, 1.807) is 14.2 Å². The SMILES string of the molecule is COc1cc(CNC2CC2)c(-c2cncnc2)cc1OC. The van der Waals surface area contributed by atoms with Gasteiger partial charge in [0.1, 0.15) is 6.33 Å². The van der Waals surface area contributed by atoms with Gasteiger partial charge in [-0.2, -0.15) is 0 Å². The molecule has 21 heavy (non-hydrogen) atoms. The standard InChI is InChI=1S/C16H19N3O2/c1-20-15-5-11(9-19-13-3-4-13)14(6-16(15)21-2)12-7-17-10-18-8-12/h5-8,10,13,19H,3-4,9H2,1-2H3. The Kier molecular flexibility index (Phi) is 4.01. The zero-order valence-corrected chi connectivity index (χ0v) is 12.3. The number of benzene rings is 1. The van der Waals surface area contributed by atoms with Crippen LogP contribution in [0.2, 0.25) is 0 Å². The van der Waals surface area contributed by atoms with Crippen molar-refractivity contribution in [2.45, 2.75) is 25.4 Å². The van der Waals surface area contributed by atoms with E-state index >= 15 is 0 Å². The average Bonchev–Trinajstić information content (AvgIpc) is 3.37. The lowest BCUT2D eigenvalue weighted by atomic mass is 10.0. The van der Waals surface area contributed by atoms with Crippen molar-refractivity contribution in [1.29, 1.82) is 0 Å². The van der Waals surface area contributed by atoms with E-state index in [1.807, 2.05) is 24.5 Å². The van der Waals surface area contributed by atoms with Gasteiger partial charge in [-0.1, -0.05) is 0 Å². The van der Waals surface area contributed by atoms with Gasteiger partial charge >= 0.3 is 0 Å². The molecule has 0 amide bonds. The van der Waals surface area contributed by atoms with Crippen molar-refractivity contribution >= 4 is 0 Å². The van der Waals surface area contributed by atoms with Gasteiger partial charge in [-0.05, 0) is 36.1 Å². The maximum atomic E-state index is 5.41. The minimum Gasteiger partial charge on any atom is -0.493 e. The van der Waals surface area contributed by atoms with E-state index in [1.165, 1.54) is 19.2 Å². The van der Waals surface area contributed by atoms with Crippen molar-refractivity contribution in [3.8, 4) is 22.6 Å². The van der Waals surface area contributed by atoms with Crippen LogP contribution in [0.25, 0.3) is 11.1 Å². The van der Waals surface area contributed by atoms with E-state index in [2.05, 4.69) is 15.3 Å². The number of hydrogen-bond donors (Lipinski definition) is 1. The molecular formula is C16H19N3O2. The maximum Gasteiger partial charge on any atom is 0.161 e. The number of rotatable bonds is 6. The molecule has 0 spiro atoms. The molecule has 3 rings (SSSR count). The van der Waals surface area contributed by atoms with Gasteiger partial charge in [0.25, 0.3) is 0 Å². The number of methoxy groups -OCH3 is 2. The molecule has 0 atom stereocenters. The molecule has 1 fully saturated rings. The Morgan fingerprint density at radius 1 is 1.10 bits per heavy atom. The Hall–Kier alpha value is -2.14. The van der Waals surface area contributed by atoms with Crippen molar-refractivity contribution in [2.75, 3.05) is 14.2 Å². The minimum atomic E-state index is 0.651. The van der Waals surface area contributed by atoms with Crippen LogP contribution >= 0.6 is 0 Å². The minimum absolute atomic E-state index is 0.651. The number of nitrogens with one attached hydrogen (secondary N) is 1. The van der Waals surface area contributed by atoms with Crippen LogP contribution in [0.1, 0.15) is 18.4 Å². The fraction of sp³-hybridized carbons (Fsp3) is 0.375. The van der Waals surface area contributed by atoms with Gasteiger partial charge in [0.05, 0.1) is 14.2 Å². The largest absolute Gasteiger partial charge is 0.493 e. The molecule has 0 aliphatic heterocycles. The highest BCUT2D eigenvalue weighted by Crippen LogP contribution is 2.35. The fourth-order valence-corrected chi connectivity index (χ4v) is 2.32. The van der Waals surface area contributed by atoms with E-state index in [4.69, 9.17) is 9.47 Å². The van der Waals surface area contributed by atoms with E-state index in [-0.39, 0.29) is 0 Å². The van der Waals surface area contributed by atoms with Gasteiger partial charge in [-0.3, -0.25) is 0 Å². The molecule has 0 unspecified atom stereocenters. The van der Waals surface area contributed by atoms with Crippen LogP contribution in [0.4, 0.5) is 0 Å². The summed E-state index contributed by atoms with van der Waals surface area (Å²) in [7, 11) is 3.30. The number of ether oxygens (including phenoxy) is 2. The summed E-state index contributed by atoms with van der Waals surface area (Å²) in [6.45, 7) is 0.801. The van der Waals surface area contributed by atoms with Crippen LogP contribution in [0.5, 0.6) is 11.5 Å². The van der Waals surface area contributed by atoms with Crippen LogP contribution in [-0.4, -0.2) is 30.2 Å². The first-order valence-electron chi connectivity index (χ1n) is 7.05. The van der Waals surface area contributed by atoms with E-state index < -0.39 is 0 Å². The molecule has 1 aliphatic rings.